The van der Waals surface area contributed by atoms with Crippen LogP contribution in [0.3, 0.4) is 0 Å². The second-order valence-electron chi connectivity index (χ2n) is 6.37. The highest BCUT2D eigenvalue weighted by Gasteiger charge is 2.30. The molecule has 2 heterocycles. The molecule has 0 radical (unpaired) electrons. The van der Waals surface area contributed by atoms with Gasteiger partial charge in [0.05, 0.1) is 11.3 Å². The topological polar surface area (TPSA) is 52.1 Å². The fraction of sp³-hybridized carbons (Fsp3) is 0.316. The van der Waals surface area contributed by atoms with Crippen molar-refractivity contribution in [1.29, 1.82) is 0 Å². The van der Waals surface area contributed by atoms with Crippen molar-refractivity contribution in [2.45, 2.75) is 25.2 Å². The molecule has 0 saturated carbocycles. The largest absolute Gasteiger partial charge is 0.454 e. The SMILES string of the molecule is FC(F)(F)c1cccc(CNC[C@@H]2CC(c3ccc4c(c3)OCO4)=NO2)c1. The Labute approximate surface area is 153 Å². The van der Waals surface area contributed by atoms with Crippen LogP contribution in [0.4, 0.5) is 13.2 Å². The minimum absolute atomic E-state index is 0.170. The van der Waals surface area contributed by atoms with Crippen molar-refractivity contribution in [1.82, 2.24) is 5.32 Å². The highest BCUT2D eigenvalue weighted by atomic mass is 19.4. The van der Waals surface area contributed by atoms with Gasteiger partial charge in [-0.25, -0.2) is 0 Å². The maximum Gasteiger partial charge on any atom is 0.416 e. The van der Waals surface area contributed by atoms with Crippen molar-refractivity contribution < 1.29 is 27.5 Å². The van der Waals surface area contributed by atoms with Gasteiger partial charge in [0.2, 0.25) is 6.79 Å². The van der Waals surface area contributed by atoms with Crippen LogP contribution < -0.4 is 14.8 Å². The maximum absolute atomic E-state index is 12.8. The molecule has 0 fully saturated rings. The van der Waals surface area contributed by atoms with Crippen LogP contribution in [0.25, 0.3) is 0 Å². The van der Waals surface area contributed by atoms with E-state index in [9.17, 15) is 13.2 Å². The third-order valence-corrected chi connectivity index (χ3v) is 4.39. The van der Waals surface area contributed by atoms with E-state index < -0.39 is 11.7 Å². The van der Waals surface area contributed by atoms with E-state index in [0.29, 0.717) is 36.6 Å². The summed E-state index contributed by atoms with van der Waals surface area (Å²) >= 11 is 0. The lowest BCUT2D eigenvalue weighted by atomic mass is 10.0. The van der Waals surface area contributed by atoms with Crippen LogP contribution in [0, 0.1) is 0 Å². The van der Waals surface area contributed by atoms with Crippen LogP contribution in [0.5, 0.6) is 11.5 Å². The van der Waals surface area contributed by atoms with Crippen LogP contribution in [0.15, 0.2) is 47.6 Å². The number of halogens is 3. The van der Waals surface area contributed by atoms with E-state index in [2.05, 4.69) is 10.5 Å². The molecule has 2 aromatic rings. The Kier molecular flexibility index (Phi) is 4.65. The smallest absolute Gasteiger partial charge is 0.416 e. The van der Waals surface area contributed by atoms with Gasteiger partial charge in [-0.2, -0.15) is 13.2 Å². The zero-order valence-corrected chi connectivity index (χ0v) is 14.3. The molecule has 0 spiro atoms. The van der Waals surface area contributed by atoms with Gasteiger partial charge < -0.3 is 19.6 Å². The Morgan fingerprint density at radius 2 is 1.93 bits per heavy atom. The Morgan fingerprint density at radius 3 is 2.78 bits per heavy atom. The molecule has 0 bridgehead atoms. The molecule has 0 unspecified atom stereocenters. The molecule has 142 valence electrons. The summed E-state index contributed by atoms with van der Waals surface area (Å²) < 4.78 is 48.9. The van der Waals surface area contributed by atoms with E-state index in [1.165, 1.54) is 6.07 Å². The number of hydrogen-bond acceptors (Lipinski definition) is 5. The van der Waals surface area contributed by atoms with Crippen LogP contribution >= 0.6 is 0 Å². The average Bonchev–Trinajstić information content (AvgIpc) is 3.30. The third kappa shape index (κ3) is 4.00. The average molecular weight is 378 g/mol. The Morgan fingerprint density at radius 1 is 1.07 bits per heavy atom. The van der Waals surface area contributed by atoms with Gasteiger partial charge in [0.25, 0.3) is 0 Å². The molecule has 0 aromatic heterocycles. The number of benzene rings is 2. The predicted octanol–water partition coefficient (Wildman–Crippen LogP) is 3.72. The second-order valence-corrected chi connectivity index (χ2v) is 6.37. The van der Waals surface area contributed by atoms with Crippen LogP contribution in [0.2, 0.25) is 0 Å². The van der Waals surface area contributed by atoms with Gasteiger partial charge in [0.15, 0.2) is 11.5 Å². The zero-order chi connectivity index (χ0) is 18.9. The number of oxime groups is 1. The number of alkyl halides is 3. The van der Waals surface area contributed by atoms with E-state index in [0.717, 1.165) is 23.4 Å². The molecule has 2 aliphatic rings. The van der Waals surface area contributed by atoms with Crippen LogP contribution in [-0.4, -0.2) is 25.2 Å². The van der Waals surface area contributed by atoms with Crippen molar-refractivity contribution in [3.63, 3.8) is 0 Å². The van der Waals surface area contributed by atoms with E-state index in [4.69, 9.17) is 14.3 Å². The number of nitrogens with zero attached hydrogens (tertiary/aromatic N) is 1. The van der Waals surface area contributed by atoms with Crippen molar-refractivity contribution in [2.24, 2.45) is 5.16 Å². The Balaban J connectivity index is 1.29. The predicted molar refractivity (Wildman–Crippen MR) is 91.7 cm³/mol. The molecule has 0 aliphatic carbocycles. The molecule has 1 atom stereocenters. The summed E-state index contributed by atoms with van der Waals surface area (Å²) in [5.74, 6) is 1.39. The Bertz CT molecular complexity index is 868. The molecular formula is C19H17F3N2O3. The highest BCUT2D eigenvalue weighted by molar-refractivity contribution is 6.01. The number of rotatable bonds is 5. The third-order valence-electron chi connectivity index (χ3n) is 4.39. The minimum atomic E-state index is -4.34. The van der Waals surface area contributed by atoms with Crippen LogP contribution in [0.1, 0.15) is 23.1 Å². The summed E-state index contributed by atoms with van der Waals surface area (Å²) in [5, 5.41) is 7.24. The molecular weight excluding hydrogens is 361 g/mol. The first-order valence-corrected chi connectivity index (χ1v) is 8.48. The molecule has 0 amide bonds. The first kappa shape index (κ1) is 17.7. The lowest BCUT2D eigenvalue weighted by Gasteiger charge is -2.11. The zero-order valence-electron chi connectivity index (χ0n) is 14.3. The van der Waals surface area contributed by atoms with Crippen LogP contribution in [-0.2, 0) is 17.6 Å². The summed E-state index contributed by atoms with van der Waals surface area (Å²) in [6.45, 7) is 1.01. The molecule has 1 N–H and O–H groups in total. The first-order valence-electron chi connectivity index (χ1n) is 8.48. The quantitative estimate of drug-likeness (QED) is 0.862. The number of fused-ring (bicyclic) bond motifs is 1. The molecule has 8 heteroatoms. The molecule has 2 aliphatic heterocycles. The van der Waals surface area contributed by atoms with Gasteiger partial charge in [0, 0.05) is 25.1 Å². The number of ether oxygens (including phenoxy) is 2. The summed E-state index contributed by atoms with van der Waals surface area (Å²) in [7, 11) is 0. The van der Waals surface area contributed by atoms with Gasteiger partial charge in [-0.3, -0.25) is 0 Å². The van der Waals surface area contributed by atoms with Gasteiger partial charge >= 0.3 is 6.18 Å². The fourth-order valence-electron chi connectivity index (χ4n) is 3.02. The highest BCUT2D eigenvalue weighted by Crippen LogP contribution is 2.33. The minimum Gasteiger partial charge on any atom is -0.454 e. The van der Waals surface area contributed by atoms with Gasteiger partial charge in [-0.05, 0) is 29.8 Å². The Hall–Kier alpha value is -2.74. The van der Waals surface area contributed by atoms with E-state index in [-0.39, 0.29) is 12.9 Å². The molecule has 4 rings (SSSR count). The maximum atomic E-state index is 12.8. The van der Waals surface area contributed by atoms with Crippen molar-refractivity contribution in [2.75, 3.05) is 13.3 Å². The van der Waals surface area contributed by atoms with E-state index >= 15 is 0 Å². The standard InChI is InChI=1S/C19H17F3N2O3/c20-19(21,22)14-3-1-2-12(6-14)9-23-10-15-8-16(24-27-15)13-4-5-17-18(7-13)26-11-25-17/h1-7,15,23H,8-11H2/t15-/m0/s1. The van der Waals surface area contributed by atoms with Crippen molar-refractivity contribution in [3.05, 3.63) is 59.2 Å². The number of nitrogens with one attached hydrogen (secondary N) is 1. The lowest BCUT2D eigenvalue weighted by Crippen LogP contribution is -2.26. The number of hydrogen-bond donors (Lipinski definition) is 1. The second kappa shape index (κ2) is 7.11. The summed E-state index contributed by atoms with van der Waals surface area (Å²) in [6, 6.07) is 10.9. The van der Waals surface area contributed by atoms with Gasteiger partial charge in [-0.1, -0.05) is 23.4 Å². The molecule has 2 aromatic carbocycles. The molecule has 27 heavy (non-hydrogen) atoms. The van der Waals surface area contributed by atoms with Gasteiger partial charge in [-0.15, -0.1) is 0 Å². The van der Waals surface area contributed by atoms with Crippen molar-refractivity contribution in [3.8, 4) is 11.5 Å². The lowest BCUT2D eigenvalue weighted by molar-refractivity contribution is -0.137. The van der Waals surface area contributed by atoms with Gasteiger partial charge in [0.1, 0.15) is 6.10 Å². The normalized spacial score (nSPS) is 18.3. The van der Waals surface area contributed by atoms with E-state index in [1.807, 2.05) is 18.2 Å². The monoisotopic (exact) mass is 378 g/mol. The van der Waals surface area contributed by atoms with Crippen molar-refractivity contribution >= 4 is 5.71 Å². The molecule has 0 saturated heterocycles. The first-order chi connectivity index (χ1) is 13.0. The summed E-state index contributed by atoms with van der Waals surface area (Å²) in [6.07, 6.45) is -3.90. The summed E-state index contributed by atoms with van der Waals surface area (Å²) in [4.78, 5) is 5.43. The van der Waals surface area contributed by atoms with E-state index in [1.54, 1.807) is 6.07 Å². The molecule has 5 nitrogen and oxygen atoms in total. The summed E-state index contributed by atoms with van der Waals surface area (Å²) in [5.41, 5.74) is 1.63. The fourth-order valence-corrected chi connectivity index (χ4v) is 3.02.